The Hall–Kier alpha value is -6.49. The summed E-state index contributed by atoms with van der Waals surface area (Å²) in [6.07, 6.45) is 0.0921. The summed E-state index contributed by atoms with van der Waals surface area (Å²) in [5, 5.41) is 70.7. The Bertz CT molecular complexity index is 2240. The van der Waals surface area contributed by atoms with Crippen molar-refractivity contribution < 1.29 is 87.3 Å². The minimum Gasteiger partial charge on any atom is -0.481 e. The van der Waals surface area contributed by atoms with Crippen LogP contribution in [0.5, 0.6) is 0 Å². The number of carbonyl (C=O) groups is 11. The molecule has 452 valence electrons. The van der Waals surface area contributed by atoms with Crippen LogP contribution in [0.4, 0.5) is 3.89 Å². The number of carboxylic acids is 6. The van der Waals surface area contributed by atoms with Crippen LogP contribution in [-0.2, 0) is 47.9 Å². The van der Waals surface area contributed by atoms with Crippen molar-refractivity contribution in [3.63, 3.8) is 0 Å². The summed E-state index contributed by atoms with van der Waals surface area (Å²) in [5.74, 6) is -10.7. The van der Waals surface area contributed by atoms with Crippen LogP contribution in [0.25, 0.3) is 0 Å². The molecule has 80 heavy (non-hydrogen) atoms. The van der Waals surface area contributed by atoms with Gasteiger partial charge in [-0.3, -0.25) is 67.5 Å². The van der Waals surface area contributed by atoms with E-state index < -0.39 is 124 Å². The van der Waals surface area contributed by atoms with Crippen LogP contribution >= 0.6 is 10.4 Å². The quantitative estimate of drug-likeness (QED) is 0.0452. The lowest BCUT2D eigenvalue weighted by molar-refractivity contribution is -0.145. The molecule has 11 N–H and O–H groups in total. The van der Waals surface area contributed by atoms with Crippen molar-refractivity contribution in [1.29, 1.82) is 0 Å². The zero-order chi connectivity index (χ0) is 60.4. The van der Waals surface area contributed by atoms with E-state index in [1.165, 1.54) is 39.0 Å². The number of aliphatic carboxylic acids is 6. The fourth-order valence-corrected chi connectivity index (χ4v) is 12.8. The van der Waals surface area contributed by atoms with Crippen molar-refractivity contribution in [2.24, 2.45) is 0 Å². The number of hydrogen-bond acceptors (Lipinski definition) is 15. The van der Waals surface area contributed by atoms with Crippen LogP contribution in [-0.4, -0.2) is 235 Å². The molecule has 1 saturated heterocycles. The summed E-state index contributed by atoms with van der Waals surface area (Å²) in [5.41, 5.74) is 0.00435. The lowest BCUT2D eigenvalue weighted by Crippen LogP contribution is -2.55. The number of unbranched alkanes of at least 4 members (excludes halogenated alkanes) is 2. The van der Waals surface area contributed by atoms with Crippen molar-refractivity contribution in [3.05, 3.63) is 29.8 Å². The summed E-state index contributed by atoms with van der Waals surface area (Å²) in [4.78, 5) is 143. The molecule has 1 heterocycles. The third kappa shape index (κ3) is 25.3. The molecule has 0 bridgehead atoms. The van der Waals surface area contributed by atoms with Gasteiger partial charge in [0.05, 0.1) is 19.6 Å². The van der Waals surface area contributed by atoms with Gasteiger partial charge in [-0.2, -0.15) is 3.89 Å². The number of hydrogen-bond donors (Lipinski definition) is 11. The number of halogens is 1. The largest absolute Gasteiger partial charge is 0.481 e. The van der Waals surface area contributed by atoms with E-state index >= 15 is 3.89 Å². The third-order valence-corrected chi connectivity index (χ3v) is 17.4. The van der Waals surface area contributed by atoms with Crippen LogP contribution in [0.15, 0.2) is 29.2 Å². The second-order valence-electron chi connectivity index (χ2n) is 21.5. The SMILES string of the molecule is CC(C)(C)S(F)(c1ccc(C(=O)NC(CNC(=O)CCC(C(=O)O)N2CCN(CC(=O)O)CCN(CC(=O)O)CCN(CC(=O)O)CC2)C(=O)N[C@H](CCCCNC(=O)CCC(=O)NCCCCC(=O)O)C(=O)O)cc1)C(C)(C)C. The predicted octanol–water partition coefficient (Wildman–Crippen LogP) is 1.26. The highest BCUT2D eigenvalue weighted by atomic mass is 32.3. The molecule has 0 aromatic heterocycles. The molecule has 26 nitrogen and oxygen atoms in total. The van der Waals surface area contributed by atoms with Crippen molar-refractivity contribution in [2.45, 2.75) is 138 Å². The smallest absolute Gasteiger partial charge is 0.326 e. The fraction of sp³-hybridized carbons (Fsp3) is 0.673. The van der Waals surface area contributed by atoms with Gasteiger partial charge in [-0.25, -0.2) is 4.79 Å². The van der Waals surface area contributed by atoms with E-state index in [0.29, 0.717) is 17.7 Å². The molecule has 0 aliphatic carbocycles. The second-order valence-corrected chi connectivity index (χ2v) is 25.5. The summed E-state index contributed by atoms with van der Waals surface area (Å²) in [7, 11) is -3.00. The zero-order valence-electron chi connectivity index (χ0n) is 46.8. The lowest BCUT2D eigenvalue weighted by Gasteiger charge is -2.52. The Labute approximate surface area is 467 Å². The molecule has 0 spiro atoms. The van der Waals surface area contributed by atoms with Gasteiger partial charge in [0.25, 0.3) is 5.91 Å². The molecule has 5 amide bonds. The topological polar surface area (TPSA) is 382 Å². The van der Waals surface area contributed by atoms with Crippen molar-refractivity contribution in [3.8, 4) is 0 Å². The minimum absolute atomic E-state index is 0.00128. The number of benzene rings is 1. The lowest BCUT2D eigenvalue weighted by atomic mass is 10.1. The van der Waals surface area contributed by atoms with Gasteiger partial charge in [0.1, 0.15) is 18.1 Å². The van der Waals surface area contributed by atoms with E-state index in [-0.39, 0.29) is 128 Å². The van der Waals surface area contributed by atoms with Crippen molar-refractivity contribution in [2.75, 3.05) is 91.6 Å². The molecule has 0 radical (unpaired) electrons. The fourth-order valence-electron chi connectivity index (χ4n) is 9.08. The average Bonchev–Trinajstić information content (AvgIpc) is 3.35. The maximum atomic E-state index is 17.1. The van der Waals surface area contributed by atoms with Crippen LogP contribution in [0.3, 0.4) is 0 Å². The van der Waals surface area contributed by atoms with E-state index in [1.807, 2.05) is 0 Å². The van der Waals surface area contributed by atoms with Gasteiger partial charge >= 0.3 is 35.8 Å². The molecule has 1 aliphatic heterocycles. The van der Waals surface area contributed by atoms with Crippen LogP contribution in [0, 0.1) is 0 Å². The highest BCUT2D eigenvalue weighted by molar-refractivity contribution is 8.31. The van der Waals surface area contributed by atoms with E-state index in [9.17, 15) is 78.3 Å². The molecule has 1 aromatic rings. The van der Waals surface area contributed by atoms with Crippen molar-refractivity contribution in [1.82, 2.24) is 46.2 Å². The molecule has 1 aliphatic rings. The molecule has 2 unspecified atom stereocenters. The first kappa shape index (κ1) is 69.6. The normalized spacial score (nSPS) is 16.0. The standard InChI is InChI=1S/C52H84FN9O17S/c1-51(2,3)80(53,52(4,5)6)36-15-13-35(14-16-36)47(74)58-38(48(75)57-37(49(76)77)11-7-9-21-54-40(63)19-20-41(64)55-22-10-8-12-43(66)67)31-56-42(65)18-17-39(50(78)79)62-29-27-60(33-45(70)71)25-23-59(32-44(68)69)24-26-61(28-30-62)34-46(72)73/h13-16,37-39H,7-12,17-34H2,1-6H3,(H,54,63)(H,55,64)(H,56,65)(H,57,75)(H,58,74)(H,66,67)(H,68,69)(H,70,71)(H,72,73)(H,76,77)(H,78,79)/t37-,38?,39?/m1/s1. The van der Waals surface area contributed by atoms with E-state index in [1.54, 1.807) is 46.4 Å². The molecular weight excluding hydrogens is 1070 g/mol. The van der Waals surface area contributed by atoms with Crippen LogP contribution < -0.4 is 26.6 Å². The Kier molecular flexibility index (Phi) is 29.5. The van der Waals surface area contributed by atoms with Crippen molar-refractivity contribution >= 4 is 75.8 Å². The van der Waals surface area contributed by atoms with Gasteiger partial charge in [-0.15, -0.1) is 0 Å². The first-order chi connectivity index (χ1) is 37.3. The van der Waals surface area contributed by atoms with Gasteiger partial charge in [0, 0.05) is 118 Å². The minimum atomic E-state index is -3.00. The Morgan fingerprint density at radius 3 is 1.36 bits per heavy atom. The van der Waals surface area contributed by atoms with Crippen LogP contribution in [0.2, 0.25) is 0 Å². The van der Waals surface area contributed by atoms with Gasteiger partial charge in [0.2, 0.25) is 23.6 Å². The number of nitrogens with zero attached hydrogens (tertiary/aromatic N) is 4. The van der Waals surface area contributed by atoms with Gasteiger partial charge in [-0.05, 0) is 104 Å². The third-order valence-electron chi connectivity index (χ3n) is 13.1. The molecule has 1 aromatic carbocycles. The predicted molar refractivity (Wildman–Crippen MR) is 292 cm³/mol. The molecular formula is C52H84FN9O17S. The Morgan fingerprint density at radius 2 is 0.950 bits per heavy atom. The molecule has 3 atom stereocenters. The molecule has 28 heteroatoms. The number of nitrogens with one attached hydrogen (secondary N) is 5. The van der Waals surface area contributed by atoms with Gasteiger partial charge in [-0.1, -0.05) is 10.4 Å². The molecule has 2 rings (SSSR count). The van der Waals surface area contributed by atoms with Gasteiger partial charge in [0.15, 0.2) is 0 Å². The summed E-state index contributed by atoms with van der Waals surface area (Å²) >= 11 is 0. The van der Waals surface area contributed by atoms with E-state index in [4.69, 9.17) is 5.11 Å². The average molecular weight is 1160 g/mol. The molecule has 0 saturated carbocycles. The highest BCUT2D eigenvalue weighted by Gasteiger charge is 2.48. The molecule has 1 fully saturated rings. The summed E-state index contributed by atoms with van der Waals surface area (Å²) in [6, 6.07) is 1.25. The Morgan fingerprint density at radius 1 is 0.512 bits per heavy atom. The summed E-state index contributed by atoms with van der Waals surface area (Å²) < 4.78 is 15.5. The second kappa shape index (κ2) is 33.9. The van der Waals surface area contributed by atoms with Crippen LogP contribution in [0.1, 0.15) is 116 Å². The van der Waals surface area contributed by atoms with Gasteiger partial charge < -0.3 is 57.2 Å². The van der Waals surface area contributed by atoms with E-state index in [2.05, 4.69) is 26.6 Å². The van der Waals surface area contributed by atoms with E-state index in [0.717, 1.165) is 0 Å². The summed E-state index contributed by atoms with van der Waals surface area (Å²) in [6.45, 7) is 9.46. The number of carbonyl (C=O) groups excluding carboxylic acids is 5. The zero-order valence-corrected chi connectivity index (χ0v) is 47.6. The maximum absolute atomic E-state index is 17.1. The number of rotatable bonds is 32. The number of carboxylic acid groups (broad SMARTS) is 6. The highest BCUT2D eigenvalue weighted by Crippen LogP contribution is 2.73. The monoisotopic (exact) mass is 1160 g/mol. The first-order valence-corrected chi connectivity index (χ1v) is 28.1. The maximum Gasteiger partial charge on any atom is 0.326 e. The number of amides is 5. The first-order valence-electron chi connectivity index (χ1n) is 26.6. The Balaban J connectivity index is 2.29.